The lowest BCUT2D eigenvalue weighted by Gasteiger charge is -2.35. The molecule has 16 heavy (non-hydrogen) atoms. The van der Waals surface area contributed by atoms with Crippen LogP contribution in [0.15, 0.2) is 16.8 Å². The molecule has 0 saturated carbocycles. The topological polar surface area (TPSA) is 46.3 Å². The number of thiophene rings is 1. The Labute approximate surface area is 100 Å². The fourth-order valence-electron chi connectivity index (χ4n) is 2.23. The summed E-state index contributed by atoms with van der Waals surface area (Å²) in [6.45, 7) is 2.96. The third-order valence-electron chi connectivity index (χ3n) is 3.16. The lowest BCUT2D eigenvalue weighted by Crippen LogP contribution is -2.52. The molecule has 2 rings (SSSR count). The number of nitrogens with two attached hydrogens (primary N) is 1. The highest BCUT2D eigenvalue weighted by Gasteiger charge is 2.28. The maximum absolute atomic E-state index is 11.9. The molecule has 1 saturated heterocycles. The Morgan fingerprint density at radius 2 is 2.50 bits per heavy atom. The predicted molar refractivity (Wildman–Crippen MR) is 66.4 cm³/mol. The van der Waals surface area contributed by atoms with Crippen LogP contribution in [0.25, 0.3) is 0 Å². The summed E-state index contributed by atoms with van der Waals surface area (Å²) in [6, 6.07) is 2.10. The van der Waals surface area contributed by atoms with Crippen molar-refractivity contribution < 1.29 is 4.79 Å². The molecule has 0 radical (unpaired) electrons. The van der Waals surface area contributed by atoms with Crippen molar-refractivity contribution in [2.45, 2.75) is 38.3 Å². The van der Waals surface area contributed by atoms with Crippen molar-refractivity contribution in [1.29, 1.82) is 0 Å². The van der Waals surface area contributed by atoms with E-state index >= 15 is 0 Å². The number of piperidine rings is 1. The first kappa shape index (κ1) is 11.6. The van der Waals surface area contributed by atoms with Crippen molar-refractivity contribution in [2.24, 2.45) is 5.73 Å². The van der Waals surface area contributed by atoms with Crippen LogP contribution in [-0.2, 0) is 11.2 Å². The molecule has 1 aliphatic rings. The molecule has 4 heteroatoms. The van der Waals surface area contributed by atoms with Crippen molar-refractivity contribution in [3.63, 3.8) is 0 Å². The zero-order valence-corrected chi connectivity index (χ0v) is 10.4. The van der Waals surface area contributed by atoms with Gasteiger partial charge in [0.25, 0.3) is 0 Å². The summed E-state index contributed by atoms with van der Waals surface area (Å²) in [7, 11) is 0. The number of carbonyl (C=O) groups excluding carboxylic acids is 1. The number of nitrogens with zero attached hydrogens (tertiary/aromatic N) is 1. The summed E-state index contributed by atoms with van der Waals surface area (Å²) in [5, 5.41) is 4.22. The smallest absolute Gasteiger partial charge is 0.239 e. The fraction of sp³-hybridized carbons (Fsp3) is 0.583. The van der Waals surface area contributed by atoms with E-state index in [4.69, 9.17) is 5.73 Å². The van der Waals surface area contributed by atoms with Crippen molar-refractivity contribution in [1.82, 2.24) is 4.90 Å². The molecule has 0 bridgehead atoms. The molecular weight excluding hydrogens is 220 g/mol. The quantitative estimate of drug-likeness (QED) is 0.870. The minimum absolute atomic E-state index is 0.119. The van der Waals surface area contributed by atoms with E-state index in [-0.39, 0.29) is 18.0 Å². The summed E-state index contributed by atoms with van der Waals surface area (Å²) in [6.07, 6.45) is 2.79. The minimum Gasteiger partial charge on any atom is -0.338 e. The van der Waals surface area contributed by atoms with Gasteiger partial charge in [0.1, 0.15) is 0 Å². The van der Waals surface area contributed by atoms with Gasteiger partial charge in [0.15, 0.2) is 0 Å². The van der Waals surface area contributed by atoms with Gasteiger partial charge in [-0.2, -0.15) is 11.3 Å². The highest BCUT2D eigenvalue weighted by molar-refractivity contribution is 7.07. The summed E-state index contributed by atoms with van der Waals surface area (Å²) in [4.78, 5) is 13.8. The average Bonchev–Trinajstić information content (AvgIpc) is 2.74. The van der Waals surface area contributed by atoms with E-state index in [1.807, 2.05) is 4.90 Å². The van der Waals surface area contributed by atoms with Gasteiger partial charge < -0.3 is 10.6 Å². The molecule has 0 aromatic carbocycles. The van der Waals surface area contributed by atoms with E-state index in [1.165, 1.54) is 5.56 Å². The summed E-state index contributed by atoms with van der Waals surface area (Å²) in [5.41, 5.74) is 7.10. The molecule has 1 aromatic heterocycles. The molecular formula is C12H18N2OS. The van der Waals surface area contributed by atoms with Crippen molar-refractivity contribution in [2.75, 3.05) is 6.54 Å². The highest BCUT2D eigenvalue weighted by Crippen LogP contribution is 2.17. The monoisotopic (exact) mass is 238 g/mol. The molecule has 3 nitrogen and oxygen atoms in total. The van der Waals surface area contributed by atoms with E-state index in [9.17, 15) is 4.79 Å². The summed E-state index contributed by atoms with van der Waals surface area (Å²) >= 11 is 1.70. The van der Waals surface area contributed by atoms with Gasteiger partial charge in [0, 0.05) is 12.6 Å². The number of hydrogen-bond acceptors (Lipinski definition) is 3. The standard InChI is InChI=1S/C12H18N2OS/c1-9(7-10-4-6-16-8-10)14-5-2-3-11(13)12(14)15/h4,6,8-9,11H,2-3,5,7,13H2,1H3. The van der Waals surface area contributed by atoms with Crippen LogP contribution in [-0.4, -0.2) is 29.4 Å². The average molecular weight is 238 g/mol. The third-order valence-corrected chi connectivity index (χ3v) is 3.89. The fourth-order valence-corrected chi connectivity index (χ4v) is 2.91. The second kappa shape index (κ2) is 4.97. The molecule has 1 fully saturated rings. The zero-order valence-electron chi connectivity index (χ0n) is 9.56. The van der Waals surface area contributed by atoms with Gasteiger partial charge in [-0.1, -0.05) is 0 Å². The van der Waals surface area contributed by atoms with Gasteiger partial charge in [-0.05, 0) is 48.6 Å². The Kier molecular flexibility index (Phi) is 3.61. The zero-order chi connectivity index (χ0) is 11.5. The van der Waals surface area contributed by atoms with Crippen LogP contribution in [0.4, 0.5) is 0 Å². The van der Waals surface area contributed by atoms with Crippen LogP contribution in [0.3, 0.4) is 0 Å². The number of hydrogen-bond donors (Lipinski definition) is 1. The lowest BCUT2D eigenvalue weighted by atomic mass is 10.0. The molecule has 2 unspecified atom stereocenters. The molecule has 2 N–H and O–H groups in total. The van der Waals surface area contributed by atoms with E-state index < -0.39 is 0 Å². The molecule has 1 aliphatic heterocycles. The van der Waals surface area contributed by atoms with Crippen molar-refractivity contribution in [3.05, 3.63) is 22.4 Å². The van der Waals surface area contributed by atoms with Crippen LogP contribution in [0.5, 0.6) is 0 Å². The molecule has 2 atom stereocenters. The van der Waals surface area contributed by atoms with Crippen molar-refractivity contribution >= 4 is 17.2 Å². The van der Waals surface area contributed by atoms with Crippen molar-refractivity contribution in [3.8, 4) is 0 Å². The van der Waals surface area contributed by atoms with Gasteiger partial charge >= 0.3 is 0 Å². The summed E-state index contributed by atoms with van der Waals surface area (Å²) in [5.74, 6) is 0.119. The molecule has 2 heterocycles. The minimum atomic E-state index is -0.279. The number of carbonyl (C=O) groups is 1. The second-order valence-corrected chi connectivity index (χ2v) is 5.25. The maximum Gasteiger partial charge on any atom is 0.239 e. The molecule has 0 aliphatic carbocycles. The first-order valence-corrected chi connectivity index (χ1v) is 6.70. The first-order chi connectivity index (χ1) is 7.68. The normalized spacial score (nSPS) is 23.5. The summed E-state index contributed by atoms with van der Waals surface area (Å²) < 4.78 is 0. The largest absolute Gasteiger partial charge is 0.338 e. The lowest BCUT2D eigenvalue weighted by molar-refractivity contribution is -0.137. The van der Waals surface area contributed by atoms with Gasteiger partial charge in [-0.25, -0.2) is 0 Å². The van der Waals surface area contributed by atoms with Crippen LogP contribution in [0, 0.1) is 0 Å². The molecule has 1 amide bonds. The van der Waals surface area contributed by atoms with Crippen LogP contribution in [0.2, 0.25) is 0 Å². The van der Waals surface area contributed by atoms with Gasteiger partial charge in [-0.15, -0.1) is 0 Å². The van der Waals surface area contributed by atoms with Crippen LogP contribution < -0.4 is 5.73 Å². The van der Waals surface area contributed by atoms with E-state index in [0.29, 0.717) is 0 Å². The highest BCUT2D eigenvalue weighted by atomic mass is 32.1. The maximum atomic E-state index is 11.9. The Morgan fingerprint density at radius 3 is 3.19 bits per heavy atom. The predicted octanol–water partition coefficient (Wildman–Crippen LogP) is 1.63. The molecule has 88 valence electrons. The van der Waals surface area contributed by atoms with E-state index in [1.54, 1.807) is 11.3 Å². The Morgan fingerprint density at radius 1 is 1.69 bits per heavy atom. The first-order valence-electron chi connectivity index (χ1n) is 5.75. The Bertz CT molecular complexity index is 350. The van der Waals surface area contributed by atoms with Gasteiger partial charge in [-0.3, -0.25) is 4.79 Å². The van der Waals surface area contributed by atoms with E-state index in [2.05, 4.69) is 23.8 Å². The Hall–Kier alpha value is -0.870. The number of amides is 1. The second-order valence-electron chi connectivity index (χ2n) is 4.47. The number of likely N-dealkylation sites (tertiary alicyclic amines) is 1. The molecule has 1 aromatic rings. The third kappa shape index (κ3) is 2.44. The van der Waals surface area contributed by atoms with E-state index in [0.717, 1.165) is 25.8 Å². The van der Waals surface area contributed by atoms with Gasteiger partial charge in [0.2, 0.25) is 5.91 Å². The Balaban J connectivity index is 1.98. The van der Waals surface area contributed by atoms with Crippen LogP contribution in [0.1, 0.15) is 25.3 Å². The molecule has 0 spiro atoms. The van der Waals surface area contributed by atoms with Gasteiger partial charge in [0.05, 0.1) is 6.04 Å². The van der Waals surface area contributed by atoms with Crippen LogP contribution >= 0.6 is 11.3 Å². The SMILES string of the molecule is CC(Cc1ccsc1)N1CCCC(N)C1=O. The number of rotatable bonds is 3.